The third-order valence-corrected chi connectivity index (χ3v) is 10.1. The zero-order valence-corrected chi connectivity index (χ0v) is 28.0. The maximum atomic E-state index is 14.2. The number of carbonyl (C=O) groups is 2. The third kappa shape index (κ3) is 9.53. The van der Waals surface area contributed by atoms with Crippen molar-refractivity contribution in [1.29, 1.82) is 0 Å². The van der Waals surface area contributed by atoms with Crippen molar-refractivity contribution in [1.82, 2.24) is 14.8 Å². The Hall–Kier alpha value is -2.92. The largest absolute Gasteiger partial charge is 0.477 e. The first kappa shape index (κ1) is 36.3. The summed E-state index contributed by atoms with van der Waals surface area (Å²) in [6.07, 6.45) is 27.9. The predicted molar refractivity (Wildman–Crippen MR) is 179 cm³/mol. The van der Waals surface area contributed by atoms with Gasteiger partial charge in [0.1, 0.15) is 17.5 Å². The van der Waals surface area contributed by atoms with Crippen molar-refractivity contribution in [2.75, 3.05) is 4.90 Å². The summed E-state index contributed by atoms with van der Waals surface area (Å²) < 4.78 is 1.93. The van der Waals surface area contributed by atoms with E-state index in [1.165, 1.54) is 36.2 Å². The van der Waals surface area contributed by atoms with E-state index in [2.05, 4.69) is 35.9 Å². The van der Waals surface area contributed by atoms with E-state index in [0.717, 1.165) is 75.5 Å². The van der Waals surface area contributed by atoms with Gasteiger partial charge in [0.25, 0.3) is 0 Å². The number of carboxylic acids is 1. The lowest BCUT2D eigenvalue weighted by atomic mass is 9.79. The fraction of sp³-hybridized carbons (Fsp3) is 0.657. The molecule has 2 saturated carbocycles. The summed E-state index contributed by atoms with van der Waals surface area (Å²) in [6.45, 7) is 10.2. The van der Waals surface area contributed by atoms with Crippen LogP contribution in [0.25, 0.3) is 5.57 Å². The molecule has 0 unspecified atom stereocenters. The van der Waals surface area contributed by atoms with Crippen LogP contribution >= 0.6 is 11.3 Å². The second-order valence-electron chi connectivity index (χ2n) is 11.1. The van der Waals surface area contributed by atoms with E-state index in [9.17, 15) is 14.7 Å². The van der Waals surface area contributed by atoms with Crippen molar-refractivity contribution in [2.45, 2.75) is 137 Å². The van der Waals surface area contributed by atoms with Gasteiger partial charge < -0.3 is 10.0 Å². The number of aromatic nitrogens is 3. The fourth-order valence-electron chi connectivity index (χ4n) is 6.61. The lowest BCUT2D eigenvalue weighted by molar-refractivity contribution is -0.124. The van der Waals surface area contributed by atoms with Gasteiger partial charge in [0.15, 0.2) is 0 Å². The molecule has 0 atom stereocenters. The van der Waals surface area contributed by atoms with Gasteiger partial charge in [0, 0.05) is 16.8 Å². The fourth-order valence-corrected chi connectivity index (χ4v) is 7.66. The van der Waals surface area contributed by atoms with Gasteiger partial charge in [0.2, 0.25) is 5.91 Å². The van der Waals surface area contributed by atoms with Crippen molar-refractivity contribution >= 4 is 34.5 Å². The van der Waals surface area contributed by atoms with Crippen molar-refractivity contribution in [3.05, 3.63) is 34.6 Å². The van der Waals surface area contributed by atoms with Crippen LogP contribution in [0.3, 0.4) is 0 Å². The molecule has 3 aliphatic carbocycles. The number of hydrogen-bond acceptors (Lipinski definition) is 5. The van der Waals surface area contributed by atoms with Crippen LogP contribution in [-0.4, -0.2) is 37.8 Å². The number of anilines is 1. The van der Waals surface area contributed by atoms with Crippen LogP contribution in [0.15, 0.2) is 24.8 Å². The lowest BCUT2D eigenvalue weighted by Gasteiger charge is -2.39. The molecule has 1 amide bonds. The molecule has 2 aromatic heterocycles. The van der Waals surface area contributed by atoms with Gasteiger partial charge in [-0.2, -0.15) is 5.10 Å². The monoisotopic (exact) mass is 610 g/mol. The van der Waals surface area contributed by atoms with Crippen LogP contribution in [-0.2, 0) is 4.79 Å². The van der Waals surface area contributed by atoms with Gasteiger partial charge in [-0.25, -0.2) is 14.5 Å². The van der Waals surface area contributed by atoms with Crippen LogP contribution in [0.4, 0.5) is 5.69 Å². The molecule has 0 bridgehead atoms. The van der Waals surface area contributed by atoms with Crippen molar-refractivity contribution in [2.24, 2.45) is 11.8 Å². The molecule has 2 fully saturated rings. The van der Waals surface area contributed by atoms with Crippen LogP contribution < -0.4 is 4.90 Å². The zero-order valence-electron chi connectivity index (χ0n) is 27.1. The van der Waals surface area contributed by atoms with Crippen molar-refractivity contribution < 1.29 is 14.7 Å². The summed E-state index contributed by atoms with van der Waals surface area (Å²) in [5, 5.41) is 14.6. The molecule has 0 saturated heterocycles. The molecule has 0 spiro atoms. The minimum Gasteiger partial charge on any atom is -0.477 e. The highest BCUT2D eigenvalue weighted by Crippen LogP contribution is 2.43. The molecule has 1 N–H and O–H groups in total. The molecule has 238 valence electrons. The number of allylic oxidation sites excluding steroid dienone is 2. The third-order valence-electron chi connectivity index (χ3n) is 8.88. The summed E-state index contributed by atoms with van der Waals surface area (Å²) in [6, 6.07) is 2.33. The Balaban J connectivity index is 0.00000101. The Morgan fingerprint density at radius 2 is 1.67 bits per heavy atom. The second-order valence-corrected chi connectivity index (χ2v) is 12.2. The van der Waals surface area contributed by atoms with Gasteiger partial charge in [0.05, 0.1) is 11.7 Å². The molecule has 2 aromatic rings. The first-order chi connectivity index (χ1) is 21.0. The zero-order chi connectivity index (χ0) is 31.8. The summed E-state index contributed by atoms with van der Waals surface area (Å²) >= 11 is 1.36. The minimum absolute atomic E-state index is 0.0137. The summed E-state index contributed by atoms with van der Waals surface area (Å²) in [5.74, 6) is -0.0947. The summed E-state index contributed by atoms with van der Waals surface area (Å²) in [7, 11) is 0. The number of nitrogens with zero attached hydrogens (tertiary/aromatic N) is 4. The molecule has 8 heteroatoms. The highest BCUT2D eigenvalue weighted by atomic mass is 32.1. The van der Waals surface area contributed by atoms with Gasteiger partial charge in [-0.3, -0.25) is 4.79 Å². The normalized spacial score (nSPS) is 23.4. The lowest BCUT2D eigenvalue weighted by Crippen LogP contribution is -2.46. The Labute approximate surface area is 264 Å². The quantitative estimate of drug-likeness (QED) is 0.316. The van der Waals surface area contributed by atoms with Crippen molar-refractivity contribution in [3.8, 4) is 12.8 Å². The number of terminal acetylenes is 1. The van der Waals surface area contributed by atoms with Gasteiger partial charge in [-0.05, 0) is 94.6 Å². The smallest absolute Gasteiger partial charge is 0.348 e. The molecule has 5 rings (SSSR count). The predicted octanol–water partition coefficient (Wildman–Crippen LogP) is 9.42. The SMILES string of the molecule is C#C.CC.CC.CCC1CCC(C(=O)N(c2cc(C3=CCCCCC3)sc2C(=O)O)C2CCC(n3cncn3)CC2)CC1. The van der Waals surface area contributed by atoms with E-state index in [-0.39, 0.29) is 23.9 Å². The molecular formula is C35H54N4O3S. The van der Waals surface area contributed by atoms with Crippen LogP contribution in [0.1, 0.15) is 145 Å². The Morgan fingerprint density at radius 3 is 2.26 bits per heavy atom. The Kier molecular flexibility index (Phi) is 16.3. The average Bonchev–Trinajstić information content (AvgIpc) is 3.69. The first-order valence-electron chi connectivity index (χ1n) is 16.6. The highest BCUT2D eigenvalue weighted by Gasteiger charge is 2.38. The summed E-state index contributed by atoms with van der Waals surface area (Å²) in [5.41, 5.74) is 1.88. The van der Waals surface area contributed by atoms with E-state index in [4.69, 9.17) is 0 Å². The molecule has 7 nitrogen and oxygen atoms in total. The number of carboxylic acid groups (broad SMARTS) is 1. The van der Waals surface area contributed by atoms with Crippen molar-refractivity contribution in [3.63, 3.8) is 0 Å². The van der Waals surface area contributed by atoms with Crippen LogP contribution in [0, 0.1) is 24.7 Å². The minimum atomic E-state index is -0.927. The highest BCUT2D eigenvalue weighted by molar-refractivity contribution is 7.15. The second kappa shape index (κ2) is 19.4. The molecule has 0 aromatic carbocycles. The Morgan fingerprint density at radius 1 is 1.00 bits per heavy atom. The number of aromatic carboxylic acids is 1. The number of amides is 1. The van der Waals surface area contributed by atoms with Gasteiger partial charge in [-0.15, -0.1) is 24.2 Å². The van der Waals surface area contributed by atoms with E-state index in [1.807, 2.05) is 43.3 Å². The van der Waals surface area contributed by atoms with Gasteiger partial charge >= 0.3 is 5.97 Å². The molecule has 0 aliphatic heterocycles. The van der Waals surface area contributed by atoms with Gasteiger partial charge in [-0.1, -0.05) is 53.5 Å². The number of thiophene rings is 1. The van der Waals surface area contributed by atoms with E-state index >= 15 is 0 Å². The van der Waals surface area contributed by atoms with Crippen LogP contribution in [0.5, 0.6) is 0 Å². The van der Waals surface area contributed by atoms with Crippen LogP contribution in [0.2, 0.25) is 0 Å². The maximum Gasteiger partial charge on any atom is 0.348 e. The summed E-state index contributed by atoms with van der Waals surface area (Å²) in [4.78, 5) is 34.1. The maximum absolute atomic E-state index is 14.2. The van der Waals surface area contributed by atoms with E-state index in [0.29, 0.717) is 16.5 Å². The molecular weight excluding hydrogens is 556 g/mol. The Bertz CT molecular complexity index is 1140. The molecule has 0 radical (unpaired) electrons. The first-order valence-corrected chi connectivity index (χ1v) is 17.4. The molecule has 3 aliphatic rings. The number of carbonyl (C=O) groups excluding carboxylic acids is 1. The molecule has 43 heavy (non-hydrogen) atoms. The number of hydrogen-bond donors (Lipinski definition) is 1. The topological polar surface area (TPSA) is 88.3 Å². The standard InChI is InChI=1S/C29H40N4O3S.2C2H6.C2H2/c1-2-20-9-11-22(12-10-20)28(34)33(24-15-13-23(14-16-24)32-19-30-18-31-32)25-17-26(37-27(25)29(35)36)21-7-5-3-4-6-8-21;3*1-2/h7,17-20,22-24H,2-6,8-16H2,1H3,(H,35,36);2*1-2H3;1-2H. The van der Waals surface area contributed by atoms with E-state index < -0.39 is 5.97 Å². The average molecular weight is 611 g/mol. The molecule has 2 heterocycles. The number of rotatable bonds is 7. The van der Waals surface area contributed by atoms with E-state index in [1.54, 1.807) is 12.7 Å².